The standard InChI is InChI=1S/C33H31N3/c1-33(22-21-28-16-8-9-23-34-28,24-29-17-10-19-31(35-29)26-12-4-2-5-13-26)25-30-18-11-20-32(36-30)27-14-6-3-7-15-27/h2-20,23H,21-22,24-25H2,1H3. The number of hydrogen-bond donors (Lipinski definition) is 0. The van der Waals surface area contributed by atoms with Crippen molar-refractivity contribution in [2.45, 2.75) is 32.6 Å². The van der Waals surface area contributed by atoms with E-state index in [1.165, 1.54) is 0 Å². The molecule has 0 N–H and O–H groups in total. The third-order valence-corrected chi connectivity index (χ3v) is 6.68. The first-order valence-electron chi connectivity index (χ1n) is 12.6. The van der Waals surface area contributed by atoms with Gasteiger partial charge >= 0.3 is 0 Å². The molecule has 0 bridgehead atoms. The number of pyridine rings is 3. The minimum atomic E-state index is -0.0257. The summed E-state index contributed by atoms with van der Waals surface area (Å²) in [5, 5.41) is 0. The molecule has 0 unspecified atom stereocenters. The Kier molecular flexibility index (Phi) is 7.28. The summed E-state index contributed by atoms with van der Waals surface area (Å²) in [6.45, 7) is 2.36. The summed E-state index contributed by atoms with van der Waals surface area (Å²) in [6.07, 6.45) is 5.55. The maximum absolute atomic E-state index is 5.05. The topological polar surface area (TPSA) is 38.7 Å². The van der Waals surface area contributed by atoms with Crippen LogP contribution in [0.15, 0.2) is 121 Å². The predicted molar refractivity (Wildman–Crippen MR) is 147 cm³/mol. The summed E-state index contributed by atoms with van der Waals surface area (Å²) >= 11 is 0. The lowest BCUT2D eigenvalue weighted by molar-refractivity contribution is 0.285. The van der Waals surface area contributed by atoms with E-state index in [4.69, 9.17) is 9.97 Å². The molecule has 0 saturated carbocycles. The first-order chi connectivity index (χ1) is 17.7. The van der Waals surface area contributed by atoms with Crippen LogP contribution in [-0.2, 0) is 19.3 Å². The quantitative estimate of drug-likeness (QED) is 0.223. The minimum Gasteiger partial charge on any atom is -0.261 e. The summed E-state index contributed by atoms with van der Waals surface area (Å²) in [5.74, 6) is 0. The van der Waals surface area contributed by atoms with Crippen molar-refractivity contribution in [3.05, 3.63) is 139 Å². The number of benzene rings is 2. The molecular weight excluding hydrogens is 438 g/mol. The molecule has 0 spiro atoms. The molecular formula is C33H31N3. The van der Waals surface area contributed by atoms with Crippen molar-refractivity contribution in [3.63, 3.8) is 0 Å². The Morgan fingerprint density at radius 1 is 0.528 bits per heavy atom. The normalized spacial score (nSPS) is 11.4. The number of hydrogen-bond acceptors (Lipinski definition) is 3. The summed E-state index contributed by atoms with van der Waals surface area (Å²) < 4.78 is 0. The highest BCUT2D eigenvalue weighted by atomic mass is 14.7. The molecule has 0 fully saturated rings. The van der Waals surface area contributed by atoms with Crippen LogP contribution in [0, 0.1) is 5.41 Å². The van der Waals surface area contributed by atoms with Gasteiger partial charge in [0.2, 0.25) is 0 Å². The van der Waals surface area contributed by atoms with E-state index in [0.717, 1.165) is 65.3 Å². The second-order valence-electron chi connectivity index (χ2n) is 9.75. The molecule has 3 heteroatoms. The molecule has 5 aromatic rings. The van der Waals surface area contributed by atoms with Crippen molar-refractivity contribution >= 4 is 0 Å². The summed E-state index contributed by atoms with van der Waals surface area (Å²) in [4.78, 5) is 14.7. The first kappa shape index (κ1) is 23.6. The molecule has 0 aliphatic rings. The van der Waals surface area contributed by atoms with Gasteiger partial charge in [-0.1, -0.05) is 85.8 Å². The van der Waals surface area contributed by atoms with Gasteiger partial charge in [0.25, 0.3) is 0 Å². The van der Waals surface area contributed by atoms with E-state index in [1.807, 2.05) is 24.4 Å². The van der Waals surface area contributed by atoms with Crippen LogP contribution in [0.5, 0.6) is 0 Å². The fraction of sp³-hybridized carbons (Fsp3) is 0.182. The van der Waals surface area contributed by atoms with Crippen LogP contribution in [-0.4, -0.2) is 15.0 Å². The third-order valence-electron chi connectivity index (χ3n) is 6.68. The molecule has 0 saturated heterocycles. The highest BCUT2D eigenvalue weighted by Gasteiger charge is 2.27. The molecule has 36 heavy (non-hydrogen) atoms. The zero-order valence-electron chi connectivity index (χ0n) is 20.7. The van der Waals surface area contributed by atoms with E-state index >= 15 is 0 Å². The van der Waals surface area contributed by atoms with Gasteiger partial charge in [-0.2, -0.15) is 0 Å². The molecule has 5 rings (SSSR count). The smallest absolute Gasteiger partial charge is 0.0705 e. The van der Waals surface area contributed by atoms with Gasteiger partial charge in [-0.15, -0.1) is 0 Å². The van der Waals surface area contributed by atoms with Crippen LogP contribution in [0.1, 0.15) is 30.4 Å². The number of nitrogens with zero attached hydrogens (tertiary/aromatic N) is 3. The molecule has 2 aromatic carbocycles. The molecule has 0 aliphatic carbocycles. The van der Waals surface area contributed by atoms with E-state index in [2.05, 4.69) is 109 Å². The molecule has 178 valence electrons. The van der Waals surface area contributed by atoms with E-state index in [1.54, 1.807) is 0 Å². The zero-order valence-corrected chi connectivity index (χ0v) is 20.7. The first-order valence-corrected chi connectivity index (χ1v) is 12.6. The van der Waals surface area contributed by atoms with Gasteiger partial charge in [0.05, 0.1) is 11.4 Å². The fourth-order valence-electron chi connectivity index (χ4n) is 4.79. The monoisotopic (exact) mass is 469 g/mol. The largest absolute Gasteiger partial charge is 0.261 e. The molecule has 0 atom stereocenters. The highest BCUT2D eigenvalue weighted by Crippen LogP contribution is 2.33. The Morgan fingerprint density at radius 2 is 1.03 bits per heavy atom. The Bertz CT molecular complexity index is 1300. The molecule has 3 aromatic heterocycles. The van der Waals surface area contributed by atoms with Crippen LogP contribution in [0.4, 0.5) is 0 Å². The van der Waals surface area contributed by atoms with Crippen LogP contribution in [0.3, 0.4) is 0 Å². The third kappa shape index (κ3) is 6.11. The second kappa shape index (κ2) is 11.1. The number of aryl methyl sites for hydroxylation is 1. The van der Waals surface area contributed by atoms with Gasteiger partial charge in [0, 0.05) is 34.4 Å². The van der Waals surface area contributed by atoms with Gasteiger partial charge in [0.1, 0.15) is 0 Å². The Morgan fingerprint density at radius 3 is 1.53 bits per heavy atom. The van der Waals surface area contributed by atoms with Gasteiger partial charge < -0.3 is 0 Å². The van der Waals surface area contributed by atoms with Crippen LogP contribution in [0.25, 0.3) is 22.5 Å². The van der Waals surface area contributed by atoms with E-state index in [-0.39, 0.29) is 5.41 Å². The van der Waals surface area contributed by atoms with Crippen molar-refractivity contribution in [3.8, 4) is 22.5 Å². The van der Waals surface area contributed by atoms with Crippen molar-refractivity contribution in [2.24, 2.45) is 5.41 Å². The Hall–Kier alpha value is -4.11. The van der Waals surface area contributed by atoms with Gasteiger partial charge in [-0.3, -0.25) is 15.0 Å². The maximum Gasteiger partial charge on any atom is 0.0705 e. The Balaban J connectivity index is 1.42. The van der Waals surface area contributed by atoms with Crippen molar-refractivity contribution < 1.29 is 0 Å². The van der Waals surface area contributed by atoms with Crippen LogP contribution in [0.2, 0.25) is 0 Å². The van der Waals surface area contributed by atoms with Crippen LogP contribution < -0.4 is 0 Å². The second-order valence-corrected chi connectivity index (χ2v) is 9.75. The molecule has 0 aliphatic heterocycles. The molecule has 0 radical (unpaired) electrons. The van der Waals surface area contributed by atoms with E-state index in [9.17, 15) is 0 Å². The number of rotatable bonds is 9. The van der Waals surface area contributed by atoms with E-state index < -0.39 is 0 Å². The SMILES string of the molecule is CC(CCc1ccccn1)(Cc1cccc(-c2ccccc2)n1)Cc1cccc(-c2ccccc2)n1. The van der Waals surface area contributed by atoms with Crippen LogP contribution >= 0.6 is 0 Å². The maximum atomic E-state index is 5.05. The molecule has 3 nitrogen and oxygen atoms in total. The highest BCUT2D eigenvalue weighted by molar-refractivity contribution is 5.59. The van der Waals surface area contributed by atoms with Crippen molar-refractivity contribution in [1.29, 1.82) is 0 Å². The average Bonchev–Trinajstić information content (AvgIpc) is 2.94. The lowest BCUT2D eigenvalue weighted by Gasteiger charge is -2.29. The zero-order chi connectivity index (χ0) is 24.6. The average molecular weight is 470 g/mol. The molecule has 3 heterocycles. The Labute approximate surface area is 214 Å². The lowest BCUT2D eigenvalue weighted by Crippen LogP contribution is -2.25. The molecule has 0 amide bonds. The van der Waals surface area contributed by atoms with Gasteiger partial charge in [-0.05, 0) is 67.5 Å². The summed E-state index contributed by atoms with van der Waals surface area (Å²) in [5.41, 5.74) is 7.65. The van der Waals surface area contributed by atoms with Crippen molar-refractivity contribution in [2.75, 3.05) is 0 Å². The van der Waals surface area contributed by atoms with Gasteiger partial charge in [0.15, 0.2) is 0 Å². The van der Waals surface area contributed by atoms with Gasteiger partial charge in [-0.25, -0.2) is 0 Å². The van der Waals surface area contributed by atoms with Crippen molar-refractivity contribution in [1.82, 2.24) is 15.0 Å². The number of aromatic nitrogens is 3. The summed E-state index contributed by atoms with van der Waals surface area (Å²) in [6, 6.07) is 39.7. The summed E-state index contributed by atoms with van der Waals surface area (Å²) in [7, 11) is 0. The van der Waals surface area contributed by atoms with E-state index in [0.29, 0.717) is 0 Å². The minimum absolute atomic E-state index is 0.0257. The predicted octanol–water partition coefficient (Wildman–Crippen LogP) is 7.63. The lowest BCUT2D eigenvalue weighted by atomic mass is 9.76. The fourth-order valence-corrected chi connectivity index (χ4v) is 4.79.